The monoisotopic (exact) mass is 333 g/mol. The van der Waals surface area contributed by atoms with E-state index < -0.39 is 23.7 Å². The van der Waals surface area contributed by atoms with E-state index in [1.165, 1.54) is 0 Å². The Bertz CT molecular complexity index is 520. The molecule has 1 rings (SSSR count). The van der Waals surface area contributed by atoms with Gasteiger partial charge in [-0.15, -0.1) is 0 Å². The Kier molecular flexibility index (Phi) is 5.87. The first-order valence-electron chi connectivity index (χ1n) is 6.24. The smallest absolute Gasteiger partial charge is 0.408 e. The fraction of sp³-hybridized carbons (Fsp3) is 0.429. The van der Waals surface area contributed by atoms with Gasteiger partial charge in [0.1, 0.15) is 11.6 Å². The van der Waals surface area contributed by atoms with Gasteiger partial charge in [0.25, 0.3) is 0 Å². The number of carbonyl (C=O) groups excluding carboxylic acids is 1. The van der Waals surface area contributed by atoms with Gasteiger partial charge in [0.2, 0.25) is 0 Å². The predicted octanol–water partition coefficient (Wildman–Crippen LogP) is 3.51. The summed E-state index contributed by atoms with van der Waals surface area (Å²) in [5.74, 6) is -1.17. The van der Waals surface area contributed by atoms with Gasteiger partial charge in [0, 0.05) is 16.5 Å². The molecule has 1 atom stereocenters. The summed E-state index contributed by atoms with van der Waals surface area (Å²) in [6.45, 7) is 5.08. The zero-order valence-corrected chi connectivity index (χ0v) is 13.5. The van der Waals surface area contributed by atoms with Crippen LogP contribution >= 0.6 is 23.2 Å². The molecule has 1 unspecified atom stereocenters. The number of carboxylic acid groups (broad SMARTS) is 1. The van der Waals surface area contributed by atoms with Crippen LogP contribution in [0.4, 0.5) is 4.79 Å². The molecule has 7 heteroatoms. The maximum atomic E-state index is 11.6. The quantitative estimate of drug-likeness (QED) is 0.883. The van der Waals surface area contributed by atoms with E-state index in [1.807, 2.05) is 0 Å². The van der Waals surface area contributed by atoms with Crippen LogP contribution in [0.2, 0.25) is 10.0 Å². The van der Waals surface area contributed by atoms with Crippen LogP contribution in [-0.4, -0.2) is 28.8 Å². The molecule has 5 nitrogen and oxygen atoms in total. The molecule has 0 saturated heterocycles. The Morgan fingerprint density at radius 1 is 1.24 bits per heavy atom. The van der Waals surface area contributed by atoms with Gasteiger partial charge in [0.15, 0.2) is 0 Å². The second-order valence-corrected chi connectivity index (χ2v) is 6.39. The highest BCUT2D eigenvalue weighted by Gasteiger charge is 2.24. The van der Waals surface area contributed by atoms with Gasteiger partial charge in [-0.2, -0.15) is 0 Å². The summed E-state index contributed by atoms with van der Waals surface area (Å²) >= 11 is 11.7. The molecule has 1 aromatic carbocycles. The lowest BCUT2D eigenvalue weighted by molar-refractivity contribution is -0.139. The lowest BCUT2D eigenvalue weighted by Gasteiger charge is -2.22. The van der Waals surface area contributed by atoms with E-state index in [2.05, 4.69) is 5.32 Å². The third-order valence-electron chi connectivity index (χ3n) is 2.35. The minimum absolute atomic E-state index is 0.0505. The van der Waals surface area contributed by atoms with E-state index in [0.29, 0.717) is 15.6 Å². The summed E-state index contributed by atoms with van der Waals surface area (Å²) in [6, 6.07) is 3.61. The molecule has 0 bridgehead atoms. The Morgan fingerprint density at radius 2 is 1.76 bits per heavy atom. The van der Waals surface area contributed by atoms with Crippen molar-refractivity contribution in [2.24, 2.45) is 0 Å². The molecular formula is C14H17Cl2NO4. The fourth-order valence-corrected chi connectivity index (χ4v) is 2.19. The standard InChI is InChI=1S/C14H17Cl2NO4/c1-14(2,3)21-13(20)17-11(12(18)19)6-8-4-9(15)7-10(16)5-8/h4-5,7,11H,6H2,1-3H3,(H,17,20)(H,18,19). The van der Waals surface area contributed by atoms with Crippen molar-refractivity contribution in [3.8, 4) is 0 Å². The van der Waals surface area contributed by atoms with Crippen molar-refractivity contribution in [3.05, 3.63) is 33.8 Å². The fourth-order valence-electron chi connectivity index (χ4n) is 1.61. The van der Waals surface area contributed by atoms with Crippen molar-refractivity contribution in [3.63, 3.8) is 0 Å². The first kappa shape index (κ1) is 17.6. The average Bonchev–Trinajstić information content (AvgIpc) is 2.23. The van der Waals surface area contributed by atoms with Gasteiger partial charge in [-0.05, 0) is 44.5 Å². The van der Waals surface area contributed by atoms with Crippen LogP contribution in [0.15, 0.2) is 18.2 Å². The molecule has 0 aromatic heterocycles. The second-order valence-electron chi connectivity index (χ2n) is 5.52. The van der Waals surface area contributed by atoms with Crippen LogP contribution in [0.3, 0.4) is 0 Å². The van der Waals surface area contributed by atoms with Crippen molar-refractivity contribution in [2.75, 3.05) is 0 Å². The number of amides is 1. The summed E-state index contributed by atoms with van der Waals surface area (Å²) in [6.07, 6.45) is -0.738. The minimum Gasteiger partial charge on any atom is -0.480 e. The van der Waals surface area contributed by atoms with Crippen LogP contribution in [0.5, 0.6) is 0 Å². The number of rotatable bonds is 4. The minimum atomic E-state index is -1.17. The molecule has 0 saturated carbocycles. The Labute approximate surface area is 133 Å². The SMILES string of the molecule is CC(C)(C)OC(=O)NC(Cc1cc(Cl)cc(Cl)c1)C(=O)O. The van der Waals surface area contributed by atoms with Crippen LogP contribution in [0.25, 0.3) is 0 Å². The average molecular weight is 334 g/mol. The number of ether oxygens (including phenoxy) is 1. The van der Waals surface area contributed by atoms with Gasteiger partial charge >= 0.3 is 12.1 Å². The van der Waals surface area contributed by atoms with Crippen molar-refractivity contribution in [1.29, 1.82) is 0 Å². The number of carbonyl (C=O) groups is 2. The molecule has 0 aliphatic rings. The third-order valence-corrected chi connectivity index (χ3v) is 2.79. The second kappa shape index (κ2) is 7.00. The van der Waals surface area contributed by atoms with E-state index in [-0.39, 0.29) is 6.42 Å². The lowest BCUT2D eigenvalue weighted by atomic mass is 10.1. The lowest BCUT2D eigenvalue weighted by Crippen LogP contribution is -2.44. The summed E-state index contributed by atoms with van der Waals surface area (Å²) in [7, 11) is 0. The summed E-state index contributed by atoms with van der Waals surface area (Å²) < 4.78 is 5.04. The van der Waals surface area contributed by atoms with E-state index in [4.69, 9.17) is 27.9 Å². The molecule has 0 spiro atoms. The van der Waals surface area contributed by atoms with Crippen molar-refractivity contribution < 1.29 is 19.4 Å². The number of carboxylic acids is 1. The number of halogens is 2. The molecule has 21 heavy (non-hydrogen) atoms. The highest BCUT2D eigenvalue weighted by Crippen LogP contribution is 2.20. The van der Waals surface area contributed by atoms with Crippen molar-refractivity contribution >= 4 is 35.3 Å². The molecule has 0 aliphatic carbocycles. The highest BCUT2D eigenvalue weighted by molar-refractivity contribution is 6.34. The normalized spacial score (nSPS) is 12.6. The highest BCUT2D eigenvalue weighted by atomic mass is 35.5. The maximum absolute atomic E-state index is 11.6. The number of hydrogen-bond donors (Lipinski definition) is 2. The van der Waals surface area contributed by atoms with Crippen LogP contribution in [0, 0.1) is 0 Å². The topological polar surface area (TPSA) is 75.6 Å². The predicted molar refractivity (Wildman–Crippen MR) is 81.0 cm³/mol. The summed E-state index contributed by atoms with van der Waals surface area (Å²) in [4.78, 5) is 22.9. The number of benzene rings is 1. The number of aliphatic carboxylic acids is 1. The molecule has 2 N–H and O–H groups in total. The van der Waals surface area contributed by atoms with Crippen molar-refractivity contribution in [1.82, 2.24) is 5.32 Å². The number of hydrogen-bond acceptors (Lipinski definition) is 3. The first-order valence-corrected chi connectivity index (χ1v) is 7.00. The van der Waals surface area contributed by atoms with Gasteiger partial charge in [-0.1, -0.05) is 23.2 Å². The number of nitrogens with one attached hydrogen (secondary N) is 1. The molecule has 0 aliphatic heterocycles. The van der Waals surface area contributed by atoms with Gasteiger partial charge in [0.05, 0.1) is 0 Å². The summed E-state index contributed by atoms with van der Waals surface area (Å²) in [5, 5.41) is 12.3. The van der Waals surface area contributed by atoms with Gasteiger partial charge in [-0.3, -0.25) is 0 Å². The molecule has 0 fully saturated rings. The maximum Gasteiger partial charge on any atom is 0.408 e. The largest absolute Gasteiger partial charge is 0.480 e. The summed E-state index contributed by atoms with van der Waals surface area (Å²) in [5.41, 5.74) is -0.0945. The Balaban J connectivity index is 2.78. The molecule has 0 heterocycles. The van der Waals surface area contributed by atoms with Gasteiger partial charge < -0.3 is 15.2 Å². The van der Waals surface area contributed by atoms with E-state index >= 15 is 0 Å². The van der Waals surface area contributed by atoms with E-state index in [0.717, 1.165) is 0 Å². The van der Waals surface area contributed by atoms with Crippen LogP contribution < -0.4 is 5.32 Å². The van der Waals surface area contributed by atoms with E-state index in [1.54, 1.807) is 39.0 Å². The molecule has 1 amide bonds. The third kappa shape index (κ3) is 6.69. The Hall–Kier alpha value is -1.46. The molecule has 116 valence electrons. The first-order chi connectivity index (χ1) is 9.56. The van der Waals surface area contributed by atoms with E-state index in [9.17, 15) is 14.7 Å². The number of alkyl carbamates (subject to hydrolysis) is 1. The van der Waals surface area contributed by atoms with Crippen LogP contribution in [-0.2, 0) is 16.0 Å². The zero-order chi connectivity index (χ0) is 16.2. The molecule has 1 aromatic rings. The van der Waals surface area contributed by atoms with Crippen LogP contribution in [0.1, 0.15) is 26.3 Å². The molecule has 0 radical (unpaired) electrons. The molecular weight excluding hydrogens is 317 g/mol. The zero-order valence-electron chi connectivity index (χ0n) is 11.9. The Morgan fingerprint density at radius 3 is 2.19 bits per heavy atom. The van der Waals surface area contributed by atoms with Gasteiger partial charge in [-0.25, -0.2) is 9.59 Å². The van der Waals surface area contributed by atoms with Crippen molar-refractivity contribution in [2.45, 2.75) is 38.8 Å².